The first-order valence-corrected chi connectivity index (χ1v) is 7.75. The molecule has 0 radical (unpaired) electrons. The van der Waals surface area contributed by atoms with Crippen molar-refractivity contribution in [2.45, 2.75) is 5.92 Å². The van der Waals surface area contributed by atoms with E-state index in [2.05, 4.69) is 15.3 Å². The van der Waals surface area contributed by atoms with Crippen molar-refractivity contribution in [1.82, 2.24) is 5.43 Å². The number of phenolic OH excluding ortho intramolecular Hbond substituents is 1. The van der Waals surface area contributed by atoms with E-state index < -0.39 is 17.8 Å². The molecule has 2 aromatic rings. The first-order valence-electron chi connectivity index (χ1n) is 7.37. The van der Waals surface area contributed by atoms with E-state index >= 15 is 0 Å². The zero-order valence-corrected chi connectivity index (χ0v) is 14.4. The predicted octanol–water partition coefficient (Wildman–Crippen LogP) is 2.61. The van der Waals surface area contributed by atoms with Crippen LogP contribution in [0.1, 0.15) is 21.8 Å². The minimum Gasteiger partial charge on any atom is -0.507 e. The average molecular weight is 372 g/mol. The maximum atomic E-state index is 12.1. The van der Waals surface area contributed by atoms with Crippen molar-refractivity contribution in [3.05, 3.63) is 64.7 Å². The van der Waals surface area contributed by atoms with Gasteiger partial charge in [-0.2, -0.15) is 10.4 Å². The number of halogens is 1. The third kappa shape index (κ3) is 4.37. The number of amides is 1. The Labute approximate surface area is 154 Å². The Hall–Kier alpha value is -3.37. The number of para-hydroxylation sites is 1. The van der Waals surface area contributed by atoms with Gasteiger partial charge in [0, 0.05) is 5.02 Å². The molecule has 0 aliphatic heterocycles. The van der Waals surface area contributed by atoms with Gasteiger partial charge in [-0.25, -0.2) is 10.2 Å². The van der Waals surface area contributed by atoms with Gasteiger partial charge in [0.15, 0.2) is 5.71 Å². The summed E-state index contributed by atoms with van der Waals surface area (Å²) in [5.41, 5.74) is 2.29. The van der Waals surface area contributed by atoms with Gasteiger partial charge in [0.25, 0.3) is 5.91 Å². The number of benzene rings is 2. The summed E-state index contributed by atoms with van der Waals surface area (Å²) in [7, 11) is 1.14. The van der Waals surface area contributed by atoms with E-state index in [1.54, 1.807) is 36.4 Å². The lowest BCUT2D eigenvalue weighted by Gasteiger charge is -2.12. The Balaban J connectivity index is 2.34. The van der Waals surface area contributed by atoms with E-state index in [-0.39, 0.29) is 17.0 Å². The molecular weight excluding hydrogens is 358 g/mol. The van der Waals surface area contributed by atoms with Gasteiger partial charge in [-0.3, -0.25) is 4.79 Å². The smallest absolute Gasteiger partial charge is 0.355 e. The fourth-order valence-corrected chi connectivity index (χ4v) is 2.24. The molecule has 26 heavy (non-hydrogen) atoms. The monoisotopic (exact) mass is 371 g/mol. The normalized spacial score (nSPS) is 12.0. The summed E-state index contributed by atoms with van der Waals surface area (Å²) >= 11 is 5.83. The van der Waals surface area contributed by atoms with Crippen molar-refractivity contribution in [3.8, 4) is 11.8 Å². The fraction of sp³-hybridized carbons (Fsp3) is 0.111. The lowest BCUT2D eigenvalue weighted by Crippen LogP contribution is -2.28. The van der Waals surface area contributed by atoms with E-state index in [0.29, 0.717) is 10.6 Å². The molecule has 0 heterocycles. The van der Waals surface area contributed by atoms with Gasteiger partial charge >= 0.3 is 5.97 Å². The number of hydrogen-bond acceptors (Lipinski definition) is 6. The summed E-state index contributed by atoms with van der Waals surface area (Å²) < 4.78 is 4.65. The van der Waals surface area contributed by atoms with Crippen molar-refractivity contribution < 1.29 is 19.4 Å². The number of carbonyl (C=O) groups excluding carboxylic acids is 2. The Bertz CT molecular complexity index is 888. The number of ether oxygens (including phenoxy) is 1. The van der Waals surface area contributed by atoms with Gasteiger partial charge in [-0.1, -0.05) is 35.9 Å². The third-order valence-electron chi connectivity index (χ3n) is 3.43. The van der Waals surface area contributed by atoms with E-state index in [1.165, 1.54) is 12.1 Å². The number of nitriles is 1. The minimum atomic E-state index is -1.08. The molecule has 2 N–H and O–H groups in total. The fourth-order valence-electron chi connectivity index (χ4n) is 2.12. The molecule has 2 rings (SSSR count). The first-order chi connectivity index (χ1) is 12.5. The molecule has 8 heteroatoms. The summed E-state index contributed by atoms with van der Waals surface area (Å²) in [4.78, 5) is 24.2. The quantitative estimate of drug-likeness (QED) is 0.476. The molecule has 0 bridgehead atoms. The SMILES string of the molecule is COC(=O)/C(=N\NC(=O)c1ccccc1O)[C@@H](C#N)c1ccc(Cl)cc1. The number of phenols is 1. The number of rotatable bonds is 5. The van der Waals surface area contributed by atoms with E-state index in [1.807, 2.05) is 6.07 Å². The second kappa shape index (κ2) is 8.65. The van der Waals surface area contributed by atoms with Gasteiger partial charge in [0.2, 0.25) is 0 Å². The summed E-state index contributed by atoms with van der Waals surface area (Å²) in [5, 5.41) is 23.4. The minimum absolute atomic E-state index is 0.0273. The molecule has 0 saturated carbocycles. The van der Waals surface area contributed by atoms with Crippen LogP contribution in [0.4, 0.5) is 0 Å². The maximum Gasteiger partial charge on any atom is 0.355 e. The predicted molar refractivity (Wildman–Crippen MR) is 94.8 cm³/mol. The number of carbonyl (C=O) groups is 2. The van der Waals surface area contributed by atoms with Crippen LogP contribution in [0.3, 0.4) is 0 Å². The number of nitrogens with one attached hydrogen (secondary N) is 1. The Morgan fingerprint density at radius 3 is 2.46 bits per heavy atom. The van der Waals surface area contributed by atoms with Crippen LogP contribution >= 0.6 is 11.6 Å². The number of aromatic hydroxyl groups is 1. The molecule has 0 aliphatic rings. The summed E-state index contributed by atoms with van der Waals surface area (Å²) in [6.45, 7) is 0. The Morgan fingerprint density at radius 1 is 1.23 bits per heavy atom. The summed E-state index contributed by atoms with van der Waals surface area (Å²) in [6, 6.07) is 14.1. The molecule has 0 aromatic heterocycles. The standard InChI is InChI=1S/C18H14ClN3O4/c1-26-18(25)16(14(10-20)11-6-8-12(19)9-7-11)21-22-17(24)13-4-2-3-5-15(13)23/h2-9,14,23H,1H3,(H,22,24)/b21-16-/t14-/m0/s1. The van der Waals surface area contributed by atoms with Crippen LogP contribution in [-0.4, -0.2) is 29.8 Å². The second-order valence-electron chi connectivity index (χ2n) is 5.06. The molecule has 0 fully saturated rings. The number of hydrazone groups is 1. The second-order valence-corrected chi connectivity index (χ2v) is 5.50. The molecule has 0 spiro atoms. The lowest BCUT2D eigenvalue weighted by atomic mass is 9.95. The van der Waals surface area contributed by atoms with Crippen LogP contribution in [0.15, 0.2) is 53.6 Å². The number of esters is 1. The van der Waals surface area contributed by atoms with Crippen molar-refractivity contribution in [2.24, 2.45) is 5.10 Å². The van der Waals surface area contributed by atoms with Crippen molar-refractivity contribution in [1.29, 1.82) is 5.26 Å². The number of methoxy groups -OCH3 is 1. The topological polar surface area (TPSA) is 112 Å². The van der Waals surface area contributed by atoms with Crippen LogP contribution in [0, 0.1) is 11.3 Å². The van der Waals surface area contributed by atoms with Crippen LogP contribution < -0.4 is 5.43 Å². The molecule has 0 aliphatic carbocycles. The Kier molecular flexibility index (Phi) is 6.31. The number of nitrogens with zero attached hydrogens (tertiary/aromatic N) is 2. The van der Waals surface area contributed by atoms with E-state index in [4.69, 9.17) is 11.6 Å². The highest BCUT2D eigenvalue weighted by atomic mass is 35.5. The van der Waals surface area contributed by atoms with Crippen LogP contribution in [0.5, 0.6) is 5.75 Å². The number of hydrogen-bond donors (Lipinski definition) is 2. The van der Waals surface area contributed by atoms with Gasteiger partial charge in [0.05, 0.1) is 18.7 Å². The highest BCUT2D eigenvalue weighted by Crippen LogP contribution is 2.20. The molecule has 0 unspecified atom stereocenters. The zero-order valence-electron chi connectivity index (χ0n) is 13.6. The highest BCUT2D eigenvalue weighted by molar-refractivity contribution is 6.39. The molecule has 2 aromatic carbocycles. The molecule has 1 amide bonds. The molecular formula is C18H14ClN3O4. The van der Waals surface area contributed by atoms with Crippen molar-refractivity contribution in [3.63, 3.8) is 0 Å². The van der Waals surface area contributed by atoms with Crippen molar-refractivity contribution in [2.75, 3.05) is 7.11 Å². The van der Waals surface area contributed by atoms with Crippen LogP contribution in [0.2, 0.25) is 5.02 Å². The van der Waals surface area contributed by atoms with Crippen LogP contribution in [0.25, 0.3) is 0 Å². The molecule has 0 saturated heterocycles. The van der Waals surface area contributed by atoms with Gasteiger partial charge in [0.1, 0.15) is 11.7 Å². The molecule has 132 valence electrons. The largest absolute Gasteiger partial charge is 0.507 e. The maximum absolute atomic E-state index is 12.1. The summed E-state index contributed by atoms with van der Waals surface area (Å²) in [5.74, 6) is -2.93. The van der Waals surface area contributed by atoms with Gasteiger partial charge in [-0.05, 0) is 29.8 Å². The molecule has 1 atom stereocenters. The third-order valence-corrected chi connectivity index (χ3v) is 3.68. The van der Waals surface area contributed by atoms with Gasteiger partial charge < -0.3 is 9.84 Å². The van der Waals surface area contributed by atoms with Crippen LogP contribution in [-0.2, 0) is 9.53 Å². The summed E-state index contributed by atoms with van der Waals surface area (Å²) in [6.07, 6.45) is 0. The zero-order chi connectivity index (χ0) is 19.1. The average Bonchev–Trinajstić information content (AvgIpc) is 2.65. The first kappa shape index (κ1) is 19.0. The Morgan fingerprint density at radius 2 is 1.88 bits per heavy atom. The molecule has 7 nitrogen and oxygen atoms in total. The lowest BCUT2D eigenvalue weighted by molar-refractivity contribution is -0.132. The highest BCUT2D eigenvalue weighted by Gasteiger charge is 2.26. The van der Waals surface area contributed by atoms with Crippen molar-refractivity contribution >= 4 is 29.2 Å². The van der Waals surface area contributed by atoms with E-state index in [9.17, 15) is 20.0 Å². The van der Waals surface area contributed by atoms with Gasteiger partial charge in [-0.15, -0.1) is 0 Å². The van der Waals surface area contributed by atoms with E-state index in [0.717, 1.165) is 7.11 Å².